The number of nitrogens with one attached hydrogen (secondary N) is 2. The Morgan fingerprint density at radius 3 is 2.48 bits per heavy atom. The van der Waals surface area contributed by atoms with Crippen molar-refractivity contribution in [3.63, 3.8) is 0 Å². The SMILES string of the molecule is CCNC(=NCC(C1CCCCC1)N(C)C)NC1CCN(C(=O)CC)C1.I. The number of amides is 1. The van der Waals surface area contributed by atoms with Gasteiger partial charge in [-0.2, -0.15) is 0 Å². The molecule has 2 N–H and O–H groups in total. The van der Waals surface area contributed by atoms with Crippen LogP contribution in [0.15, 0.2) is 4.99 Å². The van der Waals surface area contributed by atoms with Crippen molar-refractivity contribution in [1.82, 2.24) is 20.4 Å². The number of hydrogen-bond acceptors (Lipinski definition) is 3. The fourth-order valence-corrected chi connectivity index (χ4v) is 4.28. The maximum absolute atomic E-state index is 11.9. The Morgan fingerprint density at radius 2 is 1.89 bits per heavy atom. The fourth-order valence-electron chi connectivity index (χ4n) is 4.28. The molecule has 0 aromatic heterocycles. The lowest BCUT2D eigenvalue weighted by molar-refractivity contribution is -0.129. The standard InChI is InChI=1S/C20H39N5O.HI/c1-5-19(26)25-13-12-17(15-25)23-20(21-6-2)22-14-18(24(3)4)16-10-8-7-9-11-16;/h16-18H,5-15H2,1-4H3,(H2,21,22,23);1H. The predicted octanol–water partition coefficient (Wildman–Crippen LogP) is 2.68. The van der Waals surface area contributed by atoms with Gasteiger partial charge in [0.25, 0.3) is 0 Å². The van der Waals surface area contributed by atoms with Crippen LogP contribution in [0.5, 0.6) is 0 Å². The van der Waals surface area contributed by atoms with E-state index in [1.54, 1.807) is 0 Å². The van der Waals surface area contributed by atoms with Gasteiger partial charge in [0.2, 0.25) is 5.91 Å². The van der Waals surface area contributed by atoms with E-state index in [2.05, 4.69) is 36.6 Å². The third kappa shape index (κ3) is 7.75. The molecule has 1 heterocycles. The molecule has 0 aromatic rings. The molecule has 0 bridgehead atoms. The van der Waals surface area contributed by atoms with Gasteiger partial charge in [-0.1, -0.05) is 26.2 Å². The molecule has 2 atom stereocenters. The van der Waals surface area contributed by atoms with E-state index in [-0.39, 0.29) is 29.9 Å². The largest absolute Gasteiger partial charge is 0.357 e. The van der Waals surface area contributed by atoms with Crippen molar-refractivity contribution in [3.05, 3.63) is 0 Å². The van der Waals surface area contributed by atoms with Gasteiger partial charge < -0.3 is 20.4 Å². The molecule has 1 amide bonds. The first-order chi connectivity index (χ1) is 12.5. The van der Waals surface area contributed by atoms with E-state index in [0.29, 0.717) is 18.5 Å². The second kappa shape index (κ2) is 12.8. The molecule has 0 aromatic carbocycles. The van der Waals surface area contributed by atoms with Crippen molar-refractivity contribution in [2.24, 2.45) is 10.9 Å². The van der Waals surface area contributed by atoms with Crippen LogP contribution in [-0.4, -0.2) is 74.0 Å². The van der Waals surface area contributed by atoms with Crippen molar-refractivity contribution < 1.29 is 4.79 Å². The van der Waals surface area contributed by atoms with Gasteiger partial charge in [0.05, 0.1) is 6.54 Å². The van der Waals surface area contributed by atoms with Gasteiger partial charge in [0.1, 0.15) is 0 Å². The number of carbonyl (C=O) groups excluding carboxylic acids is 1. The fraction of sp³-hybridized carbons (Fsp3) is 0.900. The van der Waals surface area contributed by atoms with E-state index in [1.165, 1.54) is 32.1 Å². The number of guanidine groups is 1. The molecule has 1 aliphatic carbocycles. The molecule has 7 heteroatoms. The molecule has 2 rings (SSSR count). The van der Waals surface area contributed by atoms with Crippen molar-refractivity contribution in [1.29, 1.82) is 0 Å². The van der Waals surface area contributed by atoms with Crippen molar-refractivity contribution >= 4 is 35.8 Å². The molecule has 1 saturated heterocycles. The molecule has 0 spiro atoms. The van der Waals surface area contributed by atoms with E-state index >= 15 is 0 Å². The molecule has 1 saturated carbocycles. The zero-order chi connectivity index (χ0) is 18.9. The summed E-state index contributed by atoms with van der Waals surface area (Å²) in [5, 5.41) is 6.93. The normalized spacial score (nSPS) is 22.5. The van der Waals surface area contributed by atoms with Crippen LogP contribution >= 0.6 is 24.0 Å². The number of likely N-dealkylation sites (N-methyl/N-ethyl adjacent to an activating group) is 1. The Balaban J connectivity index is 0.00000364. The van der Waals surface area contributed by atoms with Gasteiger partial charge in [-0.3, -0.25) is 9.79 Å². The van der Waals surface area contributed by atoms with Crippen molar-refractivity contribution in [2.45, 2.75) is 70.9 Å². The molecule has 2 unspecified atom stereocenters. The first-order valence-corrected chi connectivity index (χ1v) is 10.5. The Morgan fingerprint density at radius 1 is 1.19 bits per heavy atom. The van der Waals surface area contributed by atoms with Gasteiger partial charge in [-0.15, -0.1) is 24.0 Å². The lowest BCUT2D eigenvalue weighted by atomic mass is 9.83. The summed E-state index contributed by atoms with van der Waals surface area (Å²) in [5.41, 5.74) is 0. The minimum Gasteiger partial charge on any atom is -0.357 e. The maximum Gasteiger partial charge on any atom is 0.222 e. The van der Waals surface area contributed by atoms with Crippen LogP contribution in [0.2, 0.25) is 0 Å². The van der Waals surface area contributed by atoms with Gasteiger partial charge >= 0.3 is 0 Å². The summed E-state index contributed by atoms with van der Waals surface area (Å²) in [4.78, 5) is 21.1. The van der Waals surface area contributed by atoms with Gasteiger partial charge in [-0.25, -0.2) is 0 Å². The smallest absolute Gasteiger partial charge is 0.222 e. The average Bonchev–Trinajstić information content (AvgIpc) is 3.10. The number of rotatable bonds is 7. The highest BCUT2D eigenvalue weighted by atomic mass is 127. The minimum absolute atomic E-state index is 0. The van der Waals surface area contributed by atoms with Crippen LogP contribution in [0.3, 0.4) is 0 Å². The van der Waals surface area contributed by atoms with Gasteiger partial charge in [0, 0.05) is 38.1 Å². The summed E-state index contributed by atoms with van der Waals surface area (Å²) < 4.78 is 0. The Labute approximate surface area is 182 Å². The minimum atomic E-state index is 0. The zero-order valence-electron chi connectivity index (χ0n) is 17.7. The Kier molecular flexibility index (Phi) is 11.6. The van der Waals surface area contributed by atoms with Crippen LogP contribution in [-0.2, 0) is 4.79 Å². The molecule has 2 fully saturated rings. The number of likely N-dealkylation sites (tertiary alicyclic amines) is 1. The monoisotopic (exact) mass is 493 g/mol. The lowest BCUT2D eigenvalue weighted by Crippen LogP contribution is -2.46. The number of halogens is 1. The topological polar surface area (TPSA) is 60.0 Å². The quantitative estimate of drug-likeness (QED) is 0.325. The highest BCUT2D eigenvalue weighted by Gasteiger charge is 2.27. The summed E-state index contributed by atoms with van der Waals surface area (Å²) >= 11 is 0. The number of hydrogen-bond donors (Lipinski definition) is 2. The van der Waals surface area contributed by atoms with Crippen LogP contribution in [0, 0.1) is 5.92 Å². The maximum atomic E-state index is 11.9. The second-order valence-corrected chi connectivity index (χ2v) is 7.97. The molecule has 6 nitrogen and oxygen atoms in total. The summed E-state index contributed by atoms with van der Waals surface area (Å²) in [6, 6.07) is 0.809. The Hall–Kier alpha value is -0.570. The van der Waals surface area contributed by atoms with Crippen LogP contribution < -0.4 is 10.6 Å². The van der Waals surface area contributed by atoms with E-state index < -0.39 is 0 Å². The summed E-state index contributed by atoms with van der Waals surface area (Å²) in [5.74, 6) is 1.90. The highest BCUT2D eigenvalue weighted by Crippen LogP contribution is 2.28. The van der Waals surface area contributed by atoms with E-state index in [4.69, 9.17) is 4.99 Å². The van der Waals surface area contributed by atoms with Crippen LogP contribution in [0.4, 0.5) is 0 Å². The molecular weight excluding hydrogens is 453 g/mol. The summed E-state index contributed by atoms with van der Waals surface area (Å²) in [6.07, 6.45) is 8.36. The summed E-state index contributed by atoms with van der Waals surface area (Å²) in [6.45, 7) is 7.36. The van der Waals surface area contributed by atoms with Crippen LogP contribution in [0.25, 0.3) is 0 Å². The number of aliphatic imine (C=N–C) groups is 1. The first kappa shape index (κ1) is 24.5. The first-order valence-electron chi connectivity index (χ1n) is 10.5. The molecule has 158 valence electrons. The molecular formula is C20H40IN5O. The van der Waals surface area contributed by atoms with E-state index in [9.17, 15) is 4.79 Å². The second-order valence-electron chi connectivity index (χ2n) is 7.97. The van der Waals surface area contributed by atoms with Crippen molar-refractivity contribution in [3.8, 4) is 0 Å². The van der Waals surface area contributed by atoms with E-state index in [0.717, 1.165) is 44.5 Å². The van der Waals surface area contributed by atoms with Gasteiger partial charge in [0.15, 0.2) is 5.96 Å². The molecule has 0 radical (unpaired) electrons. The third-order valence-electron chi connectivity index (χ3n) is 5.82. The molecule has 2 aliphatic rings. The third-order valence-corrected chi connectivity index (χ3v) is 5.82. The van der Waals surface area contributed by atoms with Gasteiger partial charge in [-0.05, 0) is 46.2 Å². The predicted molar refractivity (Wildman–Crippen MR) is 124 cm³/mol. The lowest BCUT2D eigenvalue weighted by Gasteiger charge is -2.34. The highest BCUT2D eigenvalue weighted by molar-refractivity contribution is 14.0. The zero-order valence-corrected chi connectivity index (χ0v) is 20.0. The molecule has 27 heavy (non-hydrogen) atoms. The average molecular weight is 493 g/mol. The van der Waals surface area contributed by atoms with E-state index in [1.807, 2.05) is 11.8 Å². The van der Waals surface area contributed by atoms with Crippen molar-refractivity contribution in [2.75, 3.05) is 40.3 Å². The summed E-state index contributed by atoms with van der Waals surface area (Å²) in [7, 11) is 4.36. The van der Waals surface area contributed by atoms with Crippen LogP contribution in [0.1, 0.15) is 58.8 Å². The number of carbonyl (C=O) groups is 1. The number of nitrogens with zero attached hydrogens (tertiary/aromatic N) is 3. The molecule has 1 aliphatic heterocycles. The Bertz CT molecular complexity index is 465.